The molecule has 106 valence electrons. The first kappa shape index (κ1) is 13.3. The van der Waals surface area contributed by atoms with Crippen LogP contribution in [0.15, 0.2) is 24.4 Å². The topological polar surface area (TPSA) is 44.0 Å². The molecule has 1 aliphatic heterocycles. The zero-order chi connectivity index (χ0) is 13.9. The molecule has 0 radical (unpaired) electrons. The van der Waals surface area contributed by atoms with E-state index < -0.39 is 0 Å². The number of hydrogen-bond acceptors (Lipinski definition) is 3. The summed E-state index contributed by atoms with van der Waals surface area (Å²) in [4.78, 5) is 10.4. The first-order chi connectivity index (χ1) is 9.72. The molecule has 0 bridgehead atoms. The van der Waals surface area contributed by atoms with Gasteiger partial charge in [-0.15, -0.1) is 0 Å². The summed E-state index contributed by atoms with van der Waals surface area (Å²) in [6, 6.07) is 6.55. The maximum atomic E-state index is 4.52. The van der Waals surface area contributed by atoms with Gasteiger partial charge in [0.1, 0.15) is 5.82 Å². The van der Waals surface area contributed by atoms with Gasteiger partial charge in [-0.05, 0) is 36.6 Å². The summed E-state index contributed by atoms with van der Waals surface area (Å²) in [6.07, 6.45) is 1.95. The lowest BCUT2D eigenvalue weighted by Gasteiger charge is -2.26. The first-order valence-corrected chi connectivity index (χ1v) is 7.27. The average molecular weight is 270 g/mol. The highest BCUT2D eigenvalue weighted by Gasteiger charge is 2.12. The third-order valence-corrected chi connectivity index (χ3v) is 4.03. The van der Waals surface area contributed by atoms with E-state index in [1.807, 2.05) is 6.20 Å². The minimum atomic E-state index is 0.909. The van der Waals surface area contributed by atoms with Gasteiger partial charge in [0.15, 0.2) is 0 Å². The van der Waals surface area contributed by atoms with Gasteiger partial charge in [0.05, 0.1) is 18.4 Å². The number of nitrogens with zero attached hydrogens (tertiary/aromatic N) is 2. The van der Waals surface area contributed by atoms with Crippen molar-refractivity contribution >= 4 is 0 Å². The maximum Gasteiger partial charge on any atom is 0.120 e. The zero-order valence-electron chi connectivity index (χ0n) is 12.2. The molecule has 0 unspecified atom stereocenters. The van der Waals surface area contributed by atoms with E-state index in [4.69, 9.17) is 0 Å². The molecule has 0 aliphatic carbocycles. The average Bonchev–Trinajstić information content (AvgIpc) is 2.91. The number of hydrogen-bond donors (Lipinski definition) is 2. The molecular formula is C16H22N4. The minimum absolute atomic E-state index is 0.909. The van der Waals surface area contributed by atoms with E-state index >= 15 is 0 Å². The minimum Gasteiger partial charge on any atom is -0.341 e. The van der Waals surface area contributed by atoms with Crippen molar-refractivity contribution in [1.29, 1.82) is 0 Å². The molecule has 1 aliphatic rings. The molecule has 0 amide bonds. The Morgan fingerprint density at radius 3 is 2.70 bits per heavy atom. The van der Waals surface area contributed by atoms with Crippen LogP contribution in [0.25, 0.3) is 11.3 Å². The highest BCUT2D eigenvalue weighted by molar-refractivity contribution is 5.60. The number of imidazole rings is 1. The Morgan fingerprint density at radius 2 is 1.95 bits per heavy atom. The molecule has 1 saturated heterocycles. The molecule has 1 aromatic heterocycles. The maximum absolute atomic E-state index is 4.52. The van der Waals surface area contributed by atoms with Crippen molar-refractivity contribution in [3.05, 3.63) is 41.3 Å². The van der Waals surface area contributed by atoms with E-state index in [-0.39, 0.29) is 0 Å². The Morgan fingerprint density at radius 1 is 1.15 bits per heavy atom. The Labute approximate surface area is 120 Å². The number of H-pyrrole nitrogens is 1. The van der Waals surface area contributed by atoms with Gasteiger partial charge in [-0.3, -0.25) is 4.90 Å². The van der Waals surface area contributed by atoms with Crippen LogP contribution >= 0.6 is 0 Å². The normalized spacial score (nSPS) is 16.5. The number of aryl methyl sites for hydroxylation is 2. The zero-order valence-corrected chi connectivity index (χ0v) is 12.2. The van der Waals surface area contributed by atoms with Gasteiger partial charge >= 0.3 is 0 Å². The Kier molecular flexibility index (Phi) is 3.85. The van der Waals surface area contributed by atoms with Gasteiger partial charge < -0.3 is 10.3 Å². The van der Waals surface area contributed by atoms with E-state index in [0.29, 0.717) is 0 Å². The number of aromatic nitrogens is 2. The van der Waals surface area contributed by atoms with E-state index in [1.165, 1.54) is 16.7 Å². The highest BCUT2D eigenvalue weighted by atomic mass is 15.2. The van der Waals surface area contributed by atoms with Crippen LogP contribution in [0.5, 0.6) is 0 Å². The van der Waals surface area contributed by atoms with Gasteiger partial charge in [-0.2, -0.15) is 0 Å². The van der Waals surface area contributed by atoms with Crippen molar-refractivity contribution in [3.63, 3.8) is 0 Å². The monoisotopic (exact) mass is 270 g/mol. The second kappa shape index (κ2) is 5.77. The third kappa shape index (κ3) is 2.92. The molecule has 3 rings (SSSR count). The van der Waals surface area contributed by atoms with Crippen molar-refractivity contribution in [1.82, 2.24) is 20.2 Å². The highest BCUT2D eigenvalue weighted by Crippen LogP contribution is 2.20. The van der Waals surface area contributed by atoms with E-state index in [0.717, 1.165) is 44.2 Å². The quantitative estimate of drug-likeness (QED) is 0.897. The van der Waals surface area contributed by atoms with Crippen LogP contribution in [0, 0.1) is 13.8 Å². The summed E-state index contributed by atoms with van der Waals surface area (Å²) in [7, 11) is 0. The SMILES string of the molecule is Cc1ccc(-c2cnc(CN3CCNCC3)[nH]2)cc1C. The molecular weight excluding hydrogens is 248 g/mol. The lowest BCUT2D eigenvalue weighted by molar-refractivity contribution is 0.228. The number of aromatic amines is 1. The molecule has 2 N–H and O–H groups in total. The summed E-state index contributed by atoms with van der Waals surface area (Å²) in [6.45, 7) is 9.54. The number of nitrogens with one attached hydrogen (secondary N) is 2. The van der Waals surface area contributed by atoms with Crippen molar-refractivity contribution in [2.45, 2.75) is 20.4 Å². The standard InChI is InChI=1S/C16H22N4/c1-12-3-4-14(9-13(12)2)15-10-18-16(19-15)11-20-7-5-17-6-8-20/h3-4,9-10,17H,5-8,11H2,1-2H3,(H,18,19). The summed E-state index contributed by atoms with van der Waals surface area (Å²) >= 11 is 0. The Hall–Kier alpha value is -1.65. The van der Waals surface area contributed by atoms with Gasteiger partial charge in [0, 0.05) is 26.2 Å². The lowest BCUT2D eigenvalue weighted by atomic mass is 10.1. The predicted octanol–water partition coefficient (Wildman–Crippen LogP) is 2.10. The molecule has 2 heterocycles. The number of rotatable bonds is 3. The summed E-state index contributed by atoms with van der Waals surface area (Å²) in [5, 5.41) is 3.37. The predicted molar refractivity (Wildman–Crippen MR) is 81.6 cm³/mol. The molecule has 4 heteroatoms. The van der Waals surface area contributed by atoms with Crippen molar-refractivity contribution in [2.75, 3.05) is 26.2 Å². The summed E-state index contributed by atoms with van der Waals surface area (Å²) < 4.78 is 0. The lowest BCUT2D eigenvalue weighted by Crippen LogP contribution is -2.43. The van der Waals surface area contributed by atoms with Gasteiger partial charge in [0.2, 0.25) is 0 Å². The van der Waals surface area contributed by atoms with Crippen molar-refractivity contribution < 1.29 is 0 Å². The van der Waals surface area contributed by atoms with Crippen molar-refractivity contribution in [3.8, 4) is 11.3 Å². The van der Waals surface area contributed by atoms with Crippen LogP contribution in [0.1, 0.15) is 17.0 Å². The second-order valence-corrected chi connectivity index (χ2v) is 5.57. The van der Waals surface area contributed by atoms with Crippen LogP contribution < -0.4 is 5.32 Å². The smallest absolute Gasteiger partial charge is 0.120 e. The van der Waals surface area contributed by atoms with E-state index in [9.17, 15) is 0 Å². The molecule has 1 aromatic carbocycles. The van der Waals surface area contributed by atoms with Crippen LogP contribution in [0.2, 0.25) is 0 Å². The molecule has 0 atom stereocenters. The van der Waals surface area contributed by atoms with Crippen LogP contribution in [-0.4, -0.2) is 41.0 Å². The number of piperazine rings is 1. The molecule has 0 spiro atoms. The Balaban J connectivity index is 1.73. The fourth-order valence-corrected chi connectivity index (χ4v) is 2.58. The molecule has 0 saturated carbocycles. The van der Waals surface area contributed by atoms with Gasteiger partial charge in [0.25, 0.3) is 0 Å². The molecule has 4 nitrogen and oxygen atoms in total. The van der Waals surface area contributed by atoms with Crippen LogP contribution in [0.3, 0.4) is 0 Å². The van der Waals surface area contributed by atoms with Gasteiger partial charge in [-0.1, -0.05) is 12.1 Å². The Bertz CT molecular complexity index is 582. The second-order valence-electron chi connectivity index (χ2n) is 5.57. The van der Waals surface area contributed by atoms with Crippen LogP contribution in [-0.2, 0) is 6.54 Å². The van der Waals surface area contributed by atoms with Crippen LogP contribution in [0.4, 0.5) is 0 Å². The summed E-state index contributed by atoms with van der Waals surface area (Å²) in [5.74, 6) is 1.06. The first-order valence-electron chi connectivity index (χ1n) is 7.27. The third-order valence-electron chi connectivity index (χ3n) is 4.03. The summed E-state index contributed by atoms with van der Waals surface area (Å²) in [5.41, 5.74) is 4.97. The molecule has 2 aromatic rings. The van der Waals surface area contributed by atoms with Gasteiger partial charge in [-0.25, -0.2) is 4.98 Å². The number of benzene rings is 1. The fraction of sp³-hybridized carbons (Fsp3) is 0.438. The molecule has 1 fully saturated rings. The largest absolute Gasteiger partial charge is 0.341 e. The van der Waals surface area contributed by atoms with Crippen molar-refractivity contribution in [2.24, 2.45) is 0 Å². The molecule has 20 heavy (non-hydrogen) atoms. The van der Waals surface area contributed by atoms with E-state index in [1.54, 1.807) is 0 Å². The van der Waals surface area contributed by atoms with E-state index in [2.05, 4.69) is 52.2 Å². The fourth-order valence-electron chi connectivity index (χ4n) is 2.58.